The lowest BCUT2D eigenvalue weighted by molar-refractivity contribution is -0.143. The third-order valence-corrected chi connectivity index (χ3v) is 3.51. The fourth-order valence-electron chi connectivity index (χ4n) is 2.00. The van der Waals surface area contributed by atoms with Crippen LogP contribution in [0.2, 0.25) is 0 Å². The zero-order valence-corrected chi connectivity index (χ0v) is 20.3. The summed E-state index contributed by atoms with van der Waals surface area (Å²) in [6, 6.07) is 0. The molecule has 0 aromatic rings. The van der Waals surface area contributed by atoms with E-state index in [9.17, 15) is 14.4 Å². The third-order valence-electron chi connectivity index (χ3n) is 3.51. The lowest BCUT2D eigenvalue weighted by atomic mass is 10.2. The van der Waals surface area contributed by atoms with Crippen molar-refractivity contribution >= 4 is 17.8 Å². The number of ether oxygens (including phenoxy) is 2. The molecule has 0 heterocycles. The minimum Gasteiger partial charge on any atom is -0.452 e. The standard InChI is InChI=1S/C11H22N2O.2C7H10O2/c1-3-8-11(14)13-10-7-5-4-6-9-12-2;2*1-3-5-7(8)9-6-4-2/h3,8,12H,4-7,9-10H2,1-2H3,(H,13,14);2*2H,3,5-6H2,1H3/b8-3+;;. The smallest absolute Gasteiger partial charge is 0.306 e. The summed E-state index contributed by atoms with van der Waals surface area (Å²) in [7, 11) is 1.97. The van der Waals surface area contributed by atoms with E-state index in [4.69, 9.17) is 12.8 Å². The van der Waals surface area contributed by atoms with Crippen molar-refractivity contribution in [3.05, 3.63) is 12.2 Å². The predicted octanol–water partition coefficient (Wildman–Crippen LogP) is 3.38. The number of allylic oxidation sites excluding steroid dienone is 1. The molecule has 0 fully saturated rings. The van der Waals surface area contributed by atoms with E-state index in [1.165, 1.54) is 19.3 Å². The molecule has 0 aliphatic rings. The second kappa shape index (κ2) is 30.4. The van der Waals surface area contributed by atoms with E-state index in [-0.39, 0.29) is 31.1 Å². The van der Waals surface area contributed by atoms with E-state index in [0.29, 0.717) is 12.8 Å². The number of terminal acetylenes is 2. The van der Waals surface area contributed by atoms with Gasteiger partial charge in [-0.2, -0.15) is 0 Å². The number of carbonyl (C=O) groups is 3. The van der Waals surface area contributed by atoms with Crippen LogP contribution in [-0.4, -0.2) is 51.2 Å². The monoisotopic (exact) mass is 450 g/mol. The van der Waals surface area contributed by atoms with Gasteiger partial charge in [-0.3, -0.25) is 14.4 Å². The van der Waals surface area contributed by atoms with E-state index in [1.54, 1.807) is 12.2 Å². The van der Waals surface area contributed by atoms with Crippen molar-refractivity contribution < 1.29 is 23.9 Å². The SMILES string of the molecule is C#CCOC(=O)CCC.C#CCOC(=O)CCC.C/C=C/C(=O)NCCCCCCNC. The number of rotatable bonds is 14. The molecule has 2 N–H and O–H groups in total. The average Bonchev–Trinajstić information content (AvgIpc) is 2.77. The van der Waals surface area contributed by atoms with Crippen molar-refractivity contribution in [3.63, 3.8) is 0 Å². The highest BCUT2D eigenvalue weighted by Crippen LogP contribution is 1.97. The fraction of sp³-hybridized carbons (Fsp3) is 0.640. The van der Waals surface area contributed by atoms with E-state index in [0.717, 1.165) is 32.4 Å². The summed E-state index contributed by atoms with van der Waals surface area (Å²) in [4.78, 5) is 31.9. The van der Waals surface area contributed by atoms with Gasteiger partial charge in [-0.25, -0.2) is 0 Å². The Kier molecular flexibility index (Phi) is 32.2. The van der Waals surface area contributed by atoms with Gasteiger partial charge in [-0.05, 0) is 52.3 Å². The summed E-state index contributed by atoms with van der Waals surface area (Å²) in [6.45, 7) is 7.75. The molecular formula is C25H42N2O5. The van der Waals surface area contributed by atoms with Gasteiger partial charge in [0.2, 0.25) is 5.91 Å². The first-order valence-electron chi connectivity index (χ1n) is 11.2. The Labute approximate surface area is 195 Å². The molecule has 7 heteroatoms. The molecular weight excluding hydrogens is 408 g/mol. The van der Waals surface area contributed by atoms with E-state index in [1.807, 2.05) is 27.8 Å². The number of amides is 1. The van der Waals surface area contributed by atoms with Crippen LogP contribution >= 0.6 is 0 Å². The maximum absolute atomic E-state index is 11.0. The highest BCUT2D eigenvalue weighted by atomic mass is 16.5. The highest BCUT2D eigenvalue weighted by Gasteiger charge is 1.97. The number of esters is 2. The molecule has 182 valence electrons. The van der Waals surface area contributed by atoms with Crippen LogP contribution < -0.4 is 10.6 Å². The number of hydrogen-bond donors (Lipinski definition) is 2. The van der Waals surface area contributed by atoms with E-state index in [2.05, 4.69) is 31.9 Å². The number of nitrogens with one attached hydrogen (secondary N) is 2. The lowest BCUT2D eigenvalue weighted by Crippen LogP contribution is -2.21. The summed E-state index contributed by atoms with van der Waals surface area (Å²) in [5.41, 5.74) is 0. The molecule has 0 saturated carbocycles. The van der Waals surface area contributed by atoms with Crippen LogP contribution in [0.25, 0.3) is 0 Å². The zero-order chi connectivity index (χ0) is 24.9. The molecule has 1 amide bonds. The molecule has 0 bridgehead atoms. The Morgan fingerprint density at radius 2 is 1.31 bits per heavy atom. The zero-order valence-electron chi connectivity index (χ0n) is 20.3. The molecule has 0 aromatic carbocycles. The summed E-state index contributed by atoms with van der Waals surface area (Å²) >= 11 is 0. The van der Waals surface area contributed by atoms with Crippen molar-refractivity contribution in [2.24, 2.45) is 0 Å². The maximum atomic E-state index is 11.0. The van der Waals surface area contributed by atoms with Gasteiger partial charge in [-0.1, -0.05) is 44.6 Å². The molecule has 0 aliphatic carbocycles. The summed E-state index contributed by atoms with van der Waals surface area (Å²) < 4.78 is 9.11. The molecule has 0 aliphatic heterocycles. The van der Waals surface area contributed by atoms with Crippen LogP contribution in [-0.2, 0) is 23.9 Å². The van der Waals surface area contributed by atoms with Crippen LogP contribution in [0.15, 0.2) is 12.2 Å². The third kappa shape index (κ3) is 34.7. The van der Waals surface area contributed by atoms with Crippen LogP contribution in [0.4, 0.5) is 0 Å². The van der Waals surface area contributed by atoms with Gasteiger partial charge in [0.15, 0.2) is 13.2 Å². The molecule has 0 saturated heterocycles. The van der Waals surface area contributed by atoms with Gasteiger partial charge in [0, 0.05) is 19.4 Å². The summed E-state index contributed by atoms with van der Waals surface area (Å²) in [6.07, 6.45) is 20.3. The quantitative estimate of drug-likeness (QED) is 0.182. The van der Waals surface area contributed by atoms with Gasteiger partial charge >= 0.3 is 11.9 Å². The van der Waals surface area contributed by atoms with Gasteiger partial charge in [0.25, 0.3) is 0 Å². The molecule has 0 spiro atoms. The number of hydrogen-bond acceptors (Lipinski definition) is 6. The molecule has 0 atom stereocenters. The number of carbonyl (C=O) groups excluding carboxylic acids is 3. The second-order valence-electron chi connectivity index (χ2n) is 6.54. The molecule has 0 rings (SSSR count). The molecule has 0 unspecified atom stereocenters. The Morgan fingerprint density at radius 3 is 1.69 bits per heavy atom. The first kappa shape index (κ1) is 33.9. The minimum absolute atomic E-state index is 0.0164. The second-order valence-corrected chi connectivity index (χ2v) is 6.54. The van der Waals surface area contributed by atoms with E-state index < -0.39 is 0 Å². The number of unbranched alkanes of at least 4 members (excludes halogenated alkanes) is 3. The molecule has 7 nitrogen and oxygen atoms in total. The Bertz CT molecular complexity index is 542. The highest BCUT2D eigenvalue weighted by molar-refractivity contribution is 5.87. The first-order chi connectivity index (χ1) is 15.4. The van der Waals surface area contributed by atoms with E-state index >= 15 is 0 Å². The summed E-state index contributed by atoms with van der Waals surface area (Å²) in [5, 5.41) is 5.95. The normalized spacial score (nSPS) is 9.19. The first-order valence-corrected chi connectivity index (χ1v) is 11.2. The molecule has 32 heavy (non-hydrogen) atoms. The van der Waals surface area contributed by atoms with Crippen molar-refractivity contribution in [2.45, 2.75) is 72.1 Å². The van der Waals surface area contributed by atoms with Gasteiger partial charge in [0.1, 0.15) is 0 Å². The summed E-state index contributed by atoms with van der Waals surface area (Å²) in [5.74, 6) is 4.02. The Balaban J connectivity index is -0.000000411. The maximum Gasteiger partial charge on any atom is 0.306 e. The van der Waals surface area contributed by atoms with Crippen LogP contribution in [0.3, 0.4) is 0 Å². The van der Waals surface area contributed by atoms with Gasteiger partial charge in [-0.15, -0.1) is 12.8 Å². The fourth-order valence-corrected chi connectivity index (χ4v) is 2.00. The van der Waals surface area contributed by atoms with Crippen LogP contribution in [0.1, 0.15) is 72.1 Å². The Hall–Kier alpha value is -2.77. The average molecular weight is 451 g/mol. The molecule has 0 radical (unpaired) electrons. The van der Waals surface area contributed by atoms with Crippen molar-refractivity contribution in [1.29, 1.82) is 0 Å². The van der Waals surface area contributed by atoms with Crippen molar-refractivity contribution in [1.82, 2.24) is 10.6 Å². The van der Waals surface area contributed by atoms with Gasteiger partial charge in [0.05, 0.1) is 0 Å². The van der Waals surface area contributed by atoms with Crippen LogP contribution in [0, 0.1) is 24.7 Å². The van der Waals surface area contributed by atoms with Crippen molar-refractivity contribution in [2.75, 3.05) is 33.4 Å². The molecule has 0 aromatic heterocycles. The predicted molar refractivity (Wildman–Crippen MR) is 130 cm³/mol. The largest absolute Gasteiger partial charge is 0.452 e. The minimum atomic E-state index is -0.213. The van der Waals surface area contributed by atoms with Crippen LogP contribution in [0.5, 0.6) is 0 Å². The van der Waals surface area contributed by atoms with Gasteiger partial charge < -0.3 is 20.1 Å². The Morgan fingerprint density at radius 1 is 0.844 bits per heavy atom. The topological polar surface area (TPSA) is 93.7 Å². The lowest BCUT2D eigenvalue weighted by Gasteiger charge is -2.02. The van der Waals surface area contributed by atoms with Crippen molar-refractivity contribution in [3.8, 4) is 24.7 Å².